The number of aromatic nitrogens is 4. The molecule has 1 fully saturated rings. The van der Waals surface area contributed by atoms with E-state index in [1.807, 2.05) is 40.8 Å². The number of rotatable bonds is 5. The molecule has 152 valence electrons. The molecule has 1 aliphatic heterocycles. The first-order chi connectivity index (χ1) is 14.0. The Morgan fingerprint density at radius 3 is 2.38 bits per heavy atom. The number of para-hydroxylation sites is 1. The van der Waals surface area contributed by atoms with Gasteiger partial charge in [0.25, 0.3) is 0 Å². The van der Waals surface area contributed by atoms with Crippen LogP contribution in [0.2, 0.25) is 0 Å². The highest BCUT2D eigenvalue weighted by Crippen LogP contribution is 2.20. The molecule has 0 unspecified atom stereocenters. The van der Waals surface area contributed by atoms with Gasteiger partial charge in [0.15, 0.2) is 0 Å². The third kappa shape index (κ3) is 4.10. The summed E-state index contributed by atoms with van der Waals surface area (Å²) in [6.45, 7) is 10.6. The van der Waals surface area contributed by atoms with Gasteiger partial charge in [-0.05, 0) is 39.0 Å². The molecule has 1 aromatic carbocycles. The number of hydrogen-bond donors (Lipinski definition) is 0. The minimum Gasteiger partial charge on any atom is -0.339 e. The zero-order chi connectivity index (χ0) is 20.4. The topological polar surface area (TPSA) is 59.2 Å². The van der Waals surface area contributed by atoms with Crippen molar-refractivity contribution in [2.24, 2.45) is 0 Å². The van der Waals surface area contributed by atoms with Crippen molar-refractivity contribution in [1.29, 1.82) is 0 Å². The molecule has 0 aliphatic carbocycles. The van der Waals surface area contributed by atoms with Crippen molar-refractivity contribution < 1.29 is 4.79 Å². The fourth-order valence-corrected chi connectivity index (χ4v) is 3.90. The average molecular weight is 393 g/mol. The van der Waals surface area contributed by atoms with Gasteiger partial charge < -0.3 is 4.90 Å². The lowest BCUT2D eigenvalue weighted by atomic mass is 10.1. The lowest BCUT2D eigenvalue weighted by Crippen LogP contribution is -2.49. The number of carbonyl (C=O) groups excluding carboxylic acids is 1. The lowest BCUT2D eigenvalue weighted by molar-refractivity contribution is -0.133. The van der Waals surface area contributed by atoms with Crippen LogP contribution < -0.4 is 0 Å². The Bertz CT molecular complexity index is 982. The Labute approximate surface area is 171 Å². The summed E-state index contributed by atoms with van der Waals surface area (Å²) in [6, 6.07) is 12.2. The first kappa shape index (κ1) is 19.4. The SMILES string of the molecule is Cc1nn(-c2ccccc2)c(C)c1CN1CCN(C(=O)Cn2nccc2C)CC1. The summed E-state index contributed by atoms with van der Waals surface area (Å²) in [5.74, 6) is 0.140. The van der Waals surface area contributed by atoms with E-state index in [2.05, 4.69) is 36.0 Å². The van der Waals surface area contributed by atoms with Crippen LogP contribution in [0.5, 0.6) is 0 Å². The van der Waals surface area contributed by atoms with E-state index < -0.39 is 0 Å². The molecule has 7 heteroatoms. The van der Waals surface area contributed by atoms with Crippen molar-refractivity contribution >= 4 is 5.91 Å². The molecule has 3 heterocycles. The van der Waals surface area contributed by atoms with Gasteiger partial charge in [-0.3, -0.25) is 14.4 Å². The number of amides is 1. The molecule has 1 amide bonds. The van der Waals surface area contributed by atoms with Gasteiger partial charge in [-0.25, -0.2) is 4.68 Å². The van der Waals surface area contributed by atoms with Crippen LogP contribution in [-0.2, 0) is 17.9 Å². The number of aryl methyl sites for hydroxylation is 2. The zero-order valence-electron chi connectivity index (χ0n) is 17.4. The lowest BCUT2D eigenvalue weighted by Gasteiger charge is -2.34. The summed E-state index contributed by atoms with van der Waals surface area (Å²) in [5, 5.41) is 8.97. The molecular weight excluding hydrogens is 364 g/mol. The number of carbonyl (C=O) groups is 1. The molecular formula is C22H28N6O. The van der Waals surface area contributed by atoms with Crippen LogP contribution in [0.15, 0.2) is 42.6 Å². The minimum atomic E-state index is 0.140. The number of nitrogens with zero attached hydrogens (tertiary/aromatic N) is 6. The second-order valence-electron chi connectivity index (χ2n) is 7.68. The minimum absolute atomic E-state index is 0.140. The van der Waals surface area contributed by atoms with E-state index in [9.17, 15) is 4.79 Å². The molecule has 2 aromatic heterocycles. The maximum atomic E-state index is 12.6. The molecule has 0 atom stereocenters. The third-order valence-corrected chi connectivity index (χ3v) is 5.76. The summed E-state index contributed by atoms with van der Waals surface area (Å²) < 4.78 is 3.79. The van der Waals surface area contributed by atoms with Crippen molar-refractivity contribution in [3.8, 4) is 5.69 Å². The molecule has 0 saturated carbocycles. The highest BCUT2D eigenvalue weighted by Gasteiger charge is 2.23. The van der Waals surface area contributed by atoms with E-state index in [4.69, 9.17) is 5.10 Å². The van der Waals surface area contributed by atoms with Gasteiger partial charge in [0.1, 0.15) is 6.54 Å². The molecule has 1 saturated heterocycles. The Hall–Kier alpha value is -2.93. The van der Waals surface area contributed by atoms with E-state index in [0.29, 0.717) is 6.54 Å². The molecule has 1 aliphatic rings. The van der Waals surface area contributed by atoms with Crippen LogP contribution >= 0.6 is 0 Å². The number of piperazine rings is 1. The highest BCUT2D eigenvalue weighted by molar-refractivity contribution is 5.76. The van der Waals surface area contributed by atoms with Gasteiger partial charge in [0, 0.05) is 55.9 Å². The molecule has 7 nitrogen and oxygen atoms in total. The van der Waals surface area contributed by atoms with Crippen LogP contribution in [0.1, 0.15) is 22.6 Å². The largest absolute Gasteiger partial charge is 0.339 e. The fourth-order valence-electron chi connectivity index (χ4n) is 3.90. The molecule has 3 aromatic rings. The normalized spacial score (nSPS) is 15.1. The quantitative estimate of drug-likeness (QED) is 0.669. The second-order valence-corrected chi connectivity index (χ2v) is 7.68. The first-order valence-corrected chi connectivity index (χ1v) is 10.1. The fraction of sp³-hybridized carbons (Fsp3) is 0.409. The second kappa shape index (κ2) is 8.21. The Morgan fingerprint density at radius 2 is 1.72 bits per heavy atom. The number of hydrogen-bond acceptors (Lipinski definition) is 4. The van der Waals surface area contributed by atoms with Crippen LogP contribution in [0.3, 0.4) is 0 Å². The maximum Gasteiger partial charge on any atom is 0.244 e. The highest BCUT2D eigenvalue weighted by atomic mass is 16.2. The number of benzene rings is 1. The van der Waals surface area contributed by atoms with Crippen molar-refractivity contribution in [2.75, 3.05) is 26.2 Å². The van der Waals surface area contributed by atoms with Crippen LogP contribution in [0.4, 0.5) is 0 Å². The van der Waals surface area contributed by atoms with Crippen molar-refractivity contribution in [2.45, 2.75) is 33.9 Å². The summed E-state index contributed by atoms with van der Waals surface area (Å²) in [7, 11) is 0. The van der Waals surface area contributed by atoms with Gasteiger partial charge in [0.05, 0.1) is 11.4 Å². The predicted molar refractivity (Wildman–Crippen MR) is 112 cm³/mol. The third-order valence-electron chi connectivity index (χ3n) is 5.76. The average Bonchev–Trinajstić information content (AvgIpc) is 3.26. The molecule has 0 N–H and O–H groups in total. The molecule has 4 rings (SSSR count). The van der Waals surface area contributed by atoms with E-state index in [-0.39, 0.29) is 5.91 Å². The summed E-state index contributed by atoms with van der Waals surface area (Å²) in [5.41, 5.74) is 5.63. The Balaban J connectivity index is 1.37. The first-order valence-electron chi connectivity index (χ1n) is 10.1. The summed E-state index contributed by atoms with van der Waals surface area (Å²) in [4.78, 5) is 16.9. The zero-order valence-corrected chi connectivity index (χ0v) is 17.4. The Morgan fingerprint density at radius 1 is 1.00 bits per heavy atom. The van der Waals surface area contributed by atoms with Gasteiger partial charge in [-0.15, -0.1) is 0 Å². The van der Waals surface area contributed by atoms with Crippen molar-refractivity contribution in [1.82, 2.24) is 29.4 Å². The van der Waals surface area contributed by atoms with Crippen LogP contribution in [-0.4, -0.2) is 61.4 Å². The standard InChI is InChI=1S/C22H28N6O/c1-17-9-10-23-27(17)16-22(29)26-13-11-25(12-14-26)15-21-18(2)24-28(19(21)3)20-7-5-4-6-8-20/h4-10H,11-16H2,1-3H3. The summed E-state index contributed by atoms with van der Waals surface area (Å²) in [6.07, 6.45) is 1.74. The van der Waals surface area contributed by atoms with Gasteiger partial charge in [0.2, 0.25) is 5.91 Å². The Kier molecular flexibility index (Phi) is 5.49. The van der Waals surface area contributed by atoms with Crippen LogP contribution in [0, 0.1) is 20.8 Å². The van der Waals surface area contributed by atoms with Crippen molar-refractivity contribution in [3.63, 3.8) is 0 Å². The van der Waals surface area contributed by atoms with Crippen LogP contribution in [0.25, 0.3) is 5.69 Å². The maximum absolute atomic E-state index is 12.6. The van der Waals surface area contributed by atoms with E-state index in [0.717, 1.165) is 49.8 Å². The summed E-state index contributed by atoms with van der Waals surface area (Å²) >= 11 is 0. The molecule has 0 radical (unpaired) electrons. The predicted octanol–water partition coefficient (Wildman–Crippen LogP) is 2.34. The van der Waals surface area contributed by atoms with Gasteiger partial charge >= 0.3 is 0 Å². The van der Waals surface area contributed by atoms with Gasteiger partial charge in [-0.1, -0.05) is 18.2 Å². The van der Waals surface area contributed by atoms with E-state index in [1.165, 1.54) is 11.3 Å². The monoisotopic (exact) mass is 392 g/mol. The van der Waals surface area contributed by atoms with E-state index >= 15 is 0 Å². The molecule has 0 spiro atoms. The van der Waals surface area contributed by atoms with Crippen molar-refractivity contribution in [3.05, 3.63) is 65.2 Å². The smallest absolute Gasteiger partial charge is 0.244 e. The molecule has 29 heavy (non-hydrogen) atoms. The van der Waals surface area contributed by atoms with Gasteiger partial charge in [-0.2, -0.15) is 10.2 Å². The van der Waals surface area contributed by atoms with E-state index in [1.54, 1.807) is 10.9 Å². The molecule has 0 bridgehead atoms.